The lowest BCUT2D eigenvalue weighted by Gasteiger charge is -2.06. The minimum absolute atomic E-state index is 0. The van der Waals surface area contributed by atoms with Crippen molar-refractivity contribution in [2.45, 2.75) is 39.7 Å². The summed E-state index contributed by atoms with van der Waals surface area (Å²) in [6.07, 6.45) is 1.81. The summed E-state index contributed by atoms with van der Waals surface area (Å²) in [6, 6.07) is 8.38. The van der Waals surface area contributed by atoms with Crippen LogP contribution >= 0.6 is 12.4 Å². The molecule has 0 bridgehead atoms. The molecule has 1 unspecified atom stereocenters. The van der Waals surface area contributed by atoms with Crippen LogP contribution in [0.4, 0.5) is 0 Å². The van der Waals surface area contributed by atoms with Gasteiger partial charge in [0.25, 0.3) is 0 Å². The lowest BCUT2D eigenvalue weighted by molar-refractivity contribution is 0.337. The van der Waals surface area contributed by atoms with Gasteiger partial charge in [-0.05, 0) is 37.9 Å². The maximum Gasteiger partial charge on any atom is 0.243 e. The number of aryl methyl sites for hydroxylation is 1. The fourth-order valence-electron chi connectivity index (χ4n) is 1.94. The first-order valence-corrected chi connectivity index (χ1v) is 6.81. The number of hydrogen-bond donors (Lipinski definition) is 1. The molecule has 20 heavy (non-hydrogen) atoms. The van der Waals surface area contributed by atoms with Crippen molar-refractivity contribution in [1.82, 2.24) is 15.5 Å². The molecule has 5 heteroatoms. The van der Waals surface area contributed by atoms with Crippen LogP contribution < -0.4 is 5.32 Å². The van der Waals surface area contributed by atoms with Crippen molar-refractivity contribution in [2.75, 3.05) is 6.54 Å². The highest BCUT2D eigenvalue weighted by atomic mass is 35.5. The number of rotatable bonds is 6. The van der Waals surface area contributed by atoms with Crippen LogP contribution in [0.2, 0.25) is 0 Å². The van der Waals surface area contributed by atoms with E-state index in [1.54, 1.807) is 0 Å². The predicted molar refractivity (Wildman–Crippen MR) is 82.2 cm³/mol. The van der Waals surface area contributed by atoms with Gasteiger partial charge >= 0.3 is 0 Å². The molecule has 0 fully saturated rings. The number of halogens is 1. The molecule has 1 heterocycles. The van der Waals surface area contributed by atoms with E-state index >= 15 is 0 Å². The third-order valence-electron chi connectivity index (χ3n) is 3.16. The number of nitrogens with zero attached hydrogens (tertiary/aromatic N) is 2. The lowest BCUT2D eigenvalue weighted by Crippen LogP contribution is -2.19. The zero-order valence-corrected chi connectivity index (χ0v) is 13.0. The van der Waals surface area contributed by atoms with Crippen LogP contribution in [0.1, 0.15) is 49.2 Å². The van der Waals surface area contributed by atoms with Crippen LogP contribution in [0, 0.1) is 6.92 Å². The Balaban J connectivity index is 0.00000200. The monoisotopic (exact) mass is 295 g/mol. The van der Waals surface area contributed by atoms with Gasteiger partial charge in [0, 0.05) is 6.42 Å². The number of aromatic nitrogens is 2. The molecule has 1 N–H and O–H groups in total. The highest BCUT2D eigenvalue weighted by molar-refractivity contribution is 5.85. The summed E-state index contributed by atoms with van der Waals surface area (Å²) in [5, 5.41) is 7.40. The first-order chi connectivity index (χ1) is 9.20. The van der Waals surface area contributed by atoms with Gasteiger partial charge in [-0.1, -0.05) is 36.3 Å². The standard InChI is InChI=1S/C15H21N3O.ClH/c1-4-9-16-12(3)15-17-14(18-19-15)10-13-8-6-5-7-11(13)2;/h5-8,12,16H,4,9-10H2,1-3H3;1H. The van der Waals surface area contributed by atoms with Crippen LogP contribution in [0.15, 0.2) is 28.8 Å². The summed E-state index contributed by atoms with van der Waals surface area (Å²) in [7, 11) is 0. The highest BCUT2D eigenvalue weighted by Gasteiger charge is 2.13. The van der Waals surface area contributed by atoms with E-state index in [9.17, 15) is 0 Å². The Bertz CT molecular complexity index is 527. The summed E-state index contributed by atoms with van der Waals surface area (Å²) in [5.41, 5.74) is 2.50. The van der Waals surface area contributed by atoms with Gasteiger partial charge in [0.1, 0.15) is 0 Å². The molecule has 0 aliphatic carbocycles. The summed E-state index contributed by atoms with van der Waals surface area (Å²) < 4.78 is 5.31. The van der Waals surface area contributed by atoms with Gasteiger partial charge in [-0.15, -0.1) is 12.4 Å². The minimum atomic E-state index is 0. The molecular formula is C15H22ClN3O. The van der Waals surface area contributed by atoms with E-state index in [-0.39, 0.29) is 18.4 Å². The largest absolute Gasteiger partial charge is 0.338 e. The SMILES string of the molecule is CCCNC(C)c1nc(Cc2ccccc2C)no1.Cl. The van der Waals surface area contributed by atoms with Crippen molar-refractivity contribution in [3.8, 4) is 0 Å². The lowest BCUT2D eigenvalue weighted by atomic mass is 10.1. The van der Waals surface area contributed by atoms with Gasteiger partial charge in [-0.3, -0.25) is 0 Å². The molecule has 0 aliphatic heterocycles. The quantitative estimate of drug-likeness (QED) is 0.887. The molecule has 2 rings (SSSR count). The number of nitrogens with one attached hydrogen (secondary N) is 1. The number of benzene rings is 1. The predicted octanol–water partition coefficient (Wildman–Crippen LogP) is 3.45. The van der Waals surface area contributed by atoms with Gasteiger partial charge in [0.15, 0.2) is 5.82 Å². The maximum absolute atomic E-state index is 5.31. The Kier molecular flexibility index (Phi) is 6.68. The molecule has 0 radical (unpaired) electrons. The van der Waals surface area contributed by atoms with Crippen LogP contribution in [0.3, 0.4) is 0 Å². The average molecular weight is 296 g/mol. The van der Waals surface area contributed by atoms with Crippen molar-refractivity contribution in [1.29, 1.82) is 0 Å². The van der Waals surface area contributed by atoms with Crippen LogP contribution in [0.25, 0.3) is 0 Å². The molecule has 110 valence electrons. The van der Waals surface area contributed by atoms with E-state index in [2.05, 4.69) is 41.4 Å². The van der Waals surface area contributed by atoms with Gasteiger partial charge in [0.2, 0.25) is 5.89 Å². The van der Waals surface area contributed by atoms with Gasteiger partial charge < -0.3 is 9.84 Å². The molecule has 0 saturated heterocycles. The summed E-state index contributed by atoms with van der Waals surface area (Å²) >= 11 is 0. The fourth-order valence-corrected chi connectivity index (χ4v) is 1.94. The molecule has 0 aliphatic rings. The second-order valence-electron chi connectivity index (χ2n) is 4.83. The molecular weight excluding hydrogens is 274 g/mol. The third kappa shape index (κ3) is 4.32. The average Bonchev–Trinajstić information content (AvgIpc) is 2.87. The molecule has 0 saturated carbocycles. The van der Waals surface area contributed by atoms with Gasteiger partial charge in [-0.25, -0.2) is 0 Å². The molecule has 0 amide bonds. The van der Waals surface area contributed by atoms with Crippen LogP contribution in [0.5, 0.6) is 0 Å². The molecule has 1 aromatic heterocycles. The van der Waals surface area contributed by atoms with Crippen LogP contribution in [-0.4, -0.2) is 16.7 Å². The second-order valence-corrected chi connectivity index (χ2v) is 4.83. The Morgan fingerprint density at radius 1 is 1.30 bits per heavy atom. The normalized spacial score (nSPS) is 11.9. The van der Waals surface area contributed by atoms with Crippen molar-refractivity contribution in [2.24, 2.45) is 0 Å². The zero-order valence-electron chi connectivity index (χ0n) is 12.2. The Labute approximate surface area is 126 Å². The minimum Gasteiger partial charge on any atom is -0.338 e. The van der Waals surface area contributed by atoms with Crippen molar-refractivity contribution < 1.29 is 4.52 Å². The molecule has 0 spiro atoms. The Morgan fingerprint density at radius 3 is 2.75 bits per heavy atom. The van der Waals surface area contributed by atoms with Crippen molar-refractivity contribution >= 4 is 12.4 Å². The highest BCUT2D eigenvalue weighted by Crippen LogP contribution is 2.14. The Morgan fingerprint density at radius 2 is 2.05 bits per heavy atom. The van der Waals surface area contributed by atoms with E-state index < -0.39 is 0 Å². The summed E-state index contributed by atoms with van der Waals surface area (Å²) in [5.74, 6) is 1.41. The van der Waals surface area contributed by atoms with Crippen molar-refractivity contribution in [3.63, 3.8) is 0 Å². The van der Waals surface area contributed by atoms with Gasteiger partial charge in [-0.2, -0.15) is 4.98 Å². The molecule has 2 aromatic rings. The van der Waals surface area contributed by atoms with Crippen molar-refractivity contribution in [3.05, 3.63) is 47.1 Å². The maximum atomic E-state index is 5.31. The molecule has 1 atom stereocenters. The number of hydrogen-bond acceptors (Lipinski definition) is 4. The fraction of sp³-hybridized carbons (Fsp3) is 0.467. The summed E-state index contributed by atoms with van der Waals surface area (Å²) in [6.45, 7) is 7.23. The molecule has 4 nitrogen and oxygen atoms in total. The topological polar surface area (TPSA) is 51.0 Å². The second kappa shape index (κ2) is 8.02. The van der Waals surface area contributed by atoms with E-state index in [0.717, 1.165) is 25.2 Å². The van der Waals surface area contributed by atoms with E-state index in [1.165, 1.54) is 11.1 Å². The first kappa shape index (κ1) is 16.7. The third-order valence-corrected chi connectivity index (χ3v) is 3.16. The van der Waals surface area contributed by atoms with Crippen LogP contribution in [-0.2, 0) is 6.42 Å². The zero-order chi connectivity index (χ0) is 13.7. The Hall–Kier alpha value is -1.39. The van der Waals surface area contributed by atoms with Gasteiger partial charge in [0.05, 0.1) is 6.04 Å². The van der Waals surface area contributed by atoms with E-state index in [0.29, 0.717) is 5.89 Å². The summed E-state index contributed by atoms with van der Waals surface area (Å²) in [4.78, 5) is 4.46. The van der Waals surface area contributed by atoms with E-state index in [1.807, 2.05) is 19.1 Å². The van der Waals surface area contributed by atoms with E-state index in [4.69, 9.17) is 4.52 Å². The first-order valence-electron chi connectivity index (χ1n) is 6.81. The molecule has 1 aromatic carbocycles. The smallest absolute Gasteiger partial charge is 0.243 e.